The Bertz CT molecular complexity index is 678. The van der Waals surface area contributed by atoms with Crippen LogP contribution in [0, 0.1) is 5.92 Å². The van der Waals surface area contributed by atoms with Gasteiger partial charge in [0.25, 0.3) is 0 Å². The first-order chi connectivity index (χ1) is 12.6. The van der Waals surface area contributed by atoms with Crippen molar-refractivity contribution in [2.75, 3.05) is 0 Å². The van der Waals surface area contributed by atoms with Crippen LogP contribution in [0.25, 0.3) is 0 Å². The van der Waals surface area contributed by atoms with E-state index >= 15 is 0 Å². The van der Waals surface area contributed by atoms with Gasteiger partial charge in [-0.1, -0.05) is 44.2 Å². The minimum absolute atomic E-state index is 0.0991. The third-order valence-corrected chi connectivity index (χ3v) is 3.90. The monoisotopic (exact) mass is 378 g/mol. The van der Waals surface area contributed by atoms with Crippen LogP contribution in [0.15, 0.2) is 30.3 Å². The third-order valence-electron chi connectivity index (χ3n) is 3.90. The van der Waals surface area contributed by atoms with Crippen LogP contribution in [0.3, 0.4) is 0 Å². The molecule has 0 bridgehead atoms. The Labute approximate surface area is 157 Å². The minimum Gasteiger partial charge on any atom is -0.480 e. The van der Waals surface area contributed by atoms with Gasteiger partial charge < -0.3 is 27.2 Å². The van der Waals surface area contributed by atoms with E-state index in [1.54, 1.807) is 44.2 Å². The normalized spacial score (nSPS) is 14.1. The third kappa shape index (κ3) is 7.45. The molecule has 148 valence electrons. The number of hydrogen-bond donors (Lipinski definition) is 5. The van der Waals surface area contributed by atoms with E-state index in [-0.39, 0.29) is 18.8 Å². The largest absolute Gasteiger partial charge is 0.480 e. The van der Waals surface area contributed by atoms with Gasteiger partial charge in [-0.25, -0.2) is 4.79 Å². The number of nitrogens with two attached hydrogens (primary N) is 2. The predicted octanol–water partition coefficient (Wildman–Crippen LogP) is -0.858. The molecular weight excluding hydrogens is 352 g/mol. The molecule has 0 aromatic heterocycles. The predicted molar refractivity (Wildman–Crippen MR) is 98.3 cm³/mol. The van der Waals surface area contributed by atoms with Crippen molar-refractivity contribution in [2.24, 2.45) is 17.4 Å². The summed E-state index contributed by atoms with van der Waals surface area (Å²) in [4.78, 5) is 47.0. The number of benzene rings is 1. The van der Waals surface area contributed by atoms with E-state index in [0.29, 0.717) is 0 Å². The molecule has 0 saturated heterocycles. The molecule has 1 aromatic rings. The molecule has 27 heavy (non-hydrogen) atoms. The second-order valence-electron chi connectivity index (χ2n) is 6.60. The maximum atomic E-state index is 12.5. The van der Waals surface area contributed by atoms with Crippen LogP contribution in [0.5, 0.6) is 0 Å². The van der Waals surface area contributed by atoms with Gasteiger partial charge in [-0.2, -0.15) is 0 Å². The van der Waals surface area contributed by atoms with Gasteiger partial charge in [-0.3, -0.25) is 14.4 Å². The van der Waals surface area contributed by atoms with Crippen LogP contribution < -0.4 is 22.1 Å². The Hall–Kier alpha value is -2.94. The number of hydrogen-bond acceptors (Lipinski definition) is 5. The first-order valence-corrected chi connectivity index (χ1v) is 8.53. The zero-order valence-corrected chi connectivity index (χ0v) is 15.3. The van der Waals surface area contributed by atoms with Crippen LogP contribution in [-0.4, -0.2) is 46.9 Å². The molecule has 0 spiro atoms. The van der Waals surface area contributed by atoms with E-state index in [1.807, 2.05) is 0 Å². The van der Waals surface area contributed by atoms with E-state index in [9.17, 15) is 24.3 Å². The Morgan fingerprint density at radius 2 is 1.63 bits per heavy atom. The van der Waals surface area contributed by atoms with Crippen molar-refractivity contribution in [1.82, 2.24) is 10.6 Å². The molecular formula is C18H26N4O5. The summed E-state index contributed by atoms with van der Waals surface area (Å²) in [5.74, 6) is -3.62. The summed E-state index contributed by atoms with van der Waals surface area (Å²) in [6.07, 6.45) is -0.258. The van der Waals surface area contributed by atoms with E-state index < -0.39 is 41.8 Å². The molecule has 0 aliphatic carbocycles. The van der Waals surface area contributed by atoms with Crippen molar-refractivity contribution in [3.8, 4) is 0 Å². The SMILES string of the molecule is CC(C)[C@@H](NC(=O)[C@H](N)CC(N)=O)C(=O)N[C@@H](Cc1ccccc1)C(=O)O. The molecule has 0 aliphatic rings. The number of amides is 3. The van der Waals surface area contributed by atoms with Crippen LogP contribution in [0.1, 0.15) is 25.8 Å². The Morgan fingerprint density at radius 1 is 1.04 bits per heavy atom. The molecule has 1 aromatic carbocycles. The van der Waals surface area contributed by atoms with Crippen molar-refractivity contribution in [3.63, 3.8) is 0 Å². The number of aliphatic carboxylic acids is 1. The number of carboxylic acid groups (broad SMARTS) is 1. The van der Waals surface area contributed by atoms with Gasteiger partial charge in [0.15, 0.2) is 0 Å². The summed E-state index contributed by atoms with van der Waals surface area (Å²) in [5.41, 5.74) is 11.3. The zero-order chi connectivity index (χ0) is 20.6. The number of rotatable bonds is 10. The van der Waals surface area contributed by atoms with E-state index in [4.69, 9.17) is 11.5 Å². The maximum Gasteiger partial charge on any atom is 0.326 e. The van der Waals surface area contributed by atoms with E-state index in [2.05, 4.69) is 10.6 Å². The lowest BCUT2D eigenvalue weighted by molar-refractivity contribution is -0.142. The molecule has 1 rings (SSSR count). The lowest BCUT2D eigenvalue weighted by Crippen LogP contribution is -2.57. The number of carboxylic acids is 1. The summed E-state index contributed by atoms with van der Waals surface area (Å²) in [6, 6.07) is 5.51. The highest BCUT2D eigenvalue weighted by Crippen LogP contribution is 2.07. The second-order valence-corrected chi connectivity index (χ2v) is 6.60. The fraction of sp³-hybridized carbons (Fsp3) is 0.444. The molecule has 0 aliphatic heterocycles. The summed E-state index contributed by atoms with van der Waals surface area (Å²) in [5, 5.41) is 14.3. The zero-order valence-electron chi connectivity index (χ0n) is 15.3. The lowest BCUT2D eigenvalue weighted by Gasteiger charge is -2.25. The highest BCUT2D eigenvalue weighted by Gasteiger charge is 2.30. The van der Waals surface area contributed by atoms with Crippen LogP contribution in [0.4, 0.5) is 0 Å². The number of carbonyl (C=O) groups is 4. The minimum atomic E-state index is -1.19. The average molecular weight is 378 g/mol. The van der Waals surface area contributed by atoms with Crippen LogP contribution in [-0.2, 0) is 25.6 Å². The fourth-order valence-corrected chi connectivity index (χ4v) is 2.42. The van der Waals surface area contributed by atoms with Gasteiger partial charge in [0.05, 0.1) is 12.5 Å². The number of nitrogens with one attached hydrogen (secondary N) is 2. The first kappa shape index (κ1) is 22.1. The topological polar surface area (TPSA) is 165 Å². The Morgan fingerprint density at radius 3 is 2.11 bits per heavy atom. The summed E-state index contributed by atoms with van der Waals surface area (Å²) < 4.78 is 0. The summed E-state index contributed by atoms with van der Waals surface area (Å²) in [6.45, 7) is 3.38. The fourth-order valence-electron chi connectivity index (χ4n) is 2.42. The lowest BCUT2D eigenvalue weighted by atomic mass is 10.0. The highest BCUT2D eigenvalue weighted by molar-refractivity contribution is 5.93. The van der Waals surface area contributed by atoms with Gasteiger partial charge in [-0.05, 0) is 11.5 Å². The highest BCUT2D eigenvalue weighted by atomic mass is 16.4. The van der Waals surface area contributed by atoms with Crippen LogP contribution >= 0.6 is 0 Å². The Kier molecular flexibility index (Phi) is 8.40. The van der Waals surface area contributed by atoms with E-state index in [1.165, 1.54) is 0 Å². The Balaban J connectivity index is 2.81. The molecule has 7 N–H and O–H groups in total. The van der Waals surface area contributed by atoms with Crippen molar-refractivity contribution in [3.05, 3.63) is 35.9 Å². The van der Waals surface area contributed by atoms with Gasteiger partial charge in [0.2, 0.25) is 17.7 Å². The first-order valence-electron chi connectivity index (χ1n) is 8.53. The second kappa shape index (κ2) is 10.3. The smallest absolute Gasteiger partial charge is 0.326 e. The van der Waals surface area contributed by atoms with Crippen molar-refractivity contribution >= 4 is 23.7 Å². The quantitative estimate of drug-likeness (QED) is 0.355. The maximum absolute atomic E-state index is 12.5. The molecule has 0 radical (unpaired) electrons. The van der Waals surface area contributed by atoms with Crippen molar-refractivity contribution < 1.29 is 24.3 Å². The summed E-state index contributed by atoms with van der Waals surface area (Å²) >= 11 is 0. The van der Waals surface area contributed by atoms with Crippen molar-refractivity contribution in [1.29, 1.82) is 0 Å². The van der Waals surface area contributed by atoms with Crippen molar-refractivity contribution in [2.45, 2.75) is 44.8 Å². The molecule has 0 fully saturated rings. The van der Waals surface area contributed by atoms with Gasteiger partial charge in [0, 0.05) is 6.42 Å². The molecule has 0 saturated carbocycles. The average Bonchev–Trinajstić information content (AvgIpc) is 2.58. The van der Waals surface area contributed by atoms with E-state index in [0.717, 1.165) is 5.56 Å². The molecule has 9 nitrogen and oxygen atoms in total. The summed E-state index contributed by atoms with van der Waals surface area (Å²) in [7, 11) is 0. The van der Waals surface area contributed by atoms with Gasteiger partial charge in [-0.15, -0.1) is 0 Å². The number of carbonyl (C=O) groups excluding carboxylic acids is 3. The molecule has 3 atom stereocenters. The van der Waals surface area contributed by atoms with Crippen LogP contribution in [0.2, 0.25) is 0 Å². The van der Waals surface area contributed by atoms with Gasteiger partial charge in [0.1, 0.15) is 12.1 Å². The number of primary amides is 1. The molecule has 9 heteroatoms. The van der Waals surface area contributed by atoms with Gasteiger partial charge >= 0.3 is 5.97 Å². The molecule has 3 amide bonds. The molecule has 0 heterocycles. The standard InChI is InChI=1S/C18H26N4O5/c1-10(2)15(22-16(24)12(19)9-14(20)23)17(25)21-13(18(26)27)8-11-6-4-3-5-7-11/h3-7,10,12-13,15H,8-9,19H2,1-2H3,(H2,20,23)(H,21,25)(H,22,24)(H,26,27)/t12-,13+,15-/m1/s1. The molecule has 0 unspecified atom stereocenters.